The molecule has 0 saturated heterocycles. The Morgan fingerprint density at radius 3 is 1.05 bits per heavy atom. The Kier molecular flexibility index (Phi) is 16.1. The minimum atomic E-state index is 0.320. The first-order valence-electron chi connectivity index (χ1n) is 15.0. The minimum Gasteiger partial charge on any atom is -0.143 e. The summed E-state index contributed by atoms with van der Waals surface area (Å²) in [6.07, 6.45) is 22.2. The molecule has 0 N–H and O–H groups in total. The standard InChI is InChI=1S/C30H42Cl4N4S2/c1-3-5-7-9-11-13-15-17-19-21-35-37-29(39-21)23-25(31)27(33)24(28(34)26(23)32)30-38-36-22(40-30)20-18-16-14-12-10-8-6-4-2/h3-20H2,1-2H3. The third kappa shape index (κ3) is 10.3. The number of nitrogens with zero attached hydrogens (tertiary/aromatic N) is 4. The Balaban J connectivity index is 1.58. The van der Waals surface area contributed by atoms with Crippen LogP contribution in [0.2, 0.25) is 20.1 Å². The maximum absolute atomic E-state index is 6.76. The Morgan fingerprint density at radius 2 is 0.725 bits per heavy atom. The number of benzene rings is 1. The molecule has 3 aromatic rings. The largest absolute Gasteiger partial charge is 0.150 e. The zero-order chi connectivity index (χ0) is 28.7. The number of hydrogen-bond donors (Lipinski definition) is 0. The van der Waals surface area contributed by atoms with Gasteiger partial charge in [-0.1, -0.05) is 173 Å². The number of rotatable bonds is 20. The van der Waals surface area contributed by atoms with Crippen LogP contribution >= 0.6 is 69.1 Å². The first-order valence-corrected chi connectivity index (χ1v) is 18.1. The van der Waals surface area contributed by atoms with Crippen LogP contribution in [0.1, 0.15) is 127 Å². The van der Waals surface area contributed by atoms with Crippen molar-refractivity contribution < 1.29 is 0 Å². The van der Waals surface area contributed by atoms with Gasteiger partial charge in [0.1, 0.15) is 10.0 Å². The molecule has 0 spiro atoms. The van der Waals surface area contributed by atoms with Crippen molar-refractivity contribution in [1.82, 2.24) is 20.4 Å². The maximum atomic E-state index is 6.76. The van der Waals surface area contributed by atoms with Crippen LogP contribution < -0.4 is 0 Å². The monoisotopic (exact) mass is 662 g/mol. The average Bonchev–Trinajstić information content (AvgIpc) is 3.61. The van der Waals surface area contributed by atoms with Crippen LogP contribution in [-0.2, 0) is 12.8 Å². The molecule has 0 radical (unpaired) electrons. The lowest BCUT2D eigenvalue weighted by molar-refractivity contribution is 0.574. The summed E-state index contributed by atoms with van der Waals surface area (Å²) in [6, 6.07) is 0. The van der Waals surface area contributed by atoms with E-state index in [4.69, 9.17) is 46.4 Å². The molecule has 40 heavy (non-hydrogen) atoms. The Labute approximate surface area is 268 Å². The Morgan fingerprint density at radius 1 is 0.425 bits per heavy atom. The van der Waals surface area contributed by atoms with Gasteiger partial charge in [0.25, 0.3) is 0 Å². The third-order valence-electron chi connectivity index (χ3n) is 7.11. The van der Waals surface area contributed by atoms with E-state index in [-0.39, 0.29) is 0 Å². The molecule has 4 nitrogen and oxygen atoms in total. The third-order valence-corrected chi connectivity index (χ3v) is 10.8. The molecule has 0 aliphatic rings. The number of halogens is 4. The van der Waals surface area contributed by atoms with E-state index in [1.165, 1.54) is 113 Å². The summed E-state index contributed by atoms with van der Waals surface area (Å²) in [4.78, 5) is 0. The van der Waals surface area contributed by atoms with Gasteiger partial charge in [0.15, 0.2) is 10.0 Å². The van der Waals surface area contributed by atoms with Crippen molar-refractivity contribution in [1.29, 1.82) is 0 Å². The number of aryl methyl sites for hydroxylation is 2. The highest BCUT2D eigenvalue weighted by Gasteiger charge is 2.26. The summed E-state index contributed by atoms with van der Waals surface area (Å²) < 4.78 is 0. The highest BCUT2D eigenvalue weighted by Crippen LogP contribution is 2.50. The molecule has 0 unspecified atom stereocenters. The molecule has 0 aliphatic heterocycles. The summed E-state index contributed by atoms with van der Waals surface area (Å²) >= 11 is 30.0. The Bertz CT molecular complexity index is 1050. The lowest BCUT2D eigenvalue weighted by atomic mass is 10.1. The molecular formula is C30H42Cl4N4S2. The fourth-order valence-electron chi connectivity index (χ4n) is 4.74. The molecule has 222 valence electrons. The first-order chi connectivity index (χ1) is 19.5. The van der Waals surface area contributed by atoms with Crippen LogP contribution in [0.3, 0.4) is 0 Å². The molecule has 1 aromatic carbocycles. The zero-order valence-corrected chi connectivity index (χ0v) is 28.5. The molecule has 3 rings (SSSR count). The van der Waals surface area contributed by atoms with Gasteiger partial charge in [0.05, 0.1) is 31.2 Å². The van der Waals surface area contributed by atoms with E-state index < -0.39 is 0 Å². The second-order valence-corrected chi connectivity index (χ2v) is 14.1. The predicted octanol–water partition coefficient (Wildman–Crippen LogP) is 12.7. The van der Waals surface area contributed by atoms with E-state index in [0.29, 0.717) is 41.2 Å². The summed E-state index contributed by atoms with van der Waals surface area (Å²) in [6.45, 7) is 4.50. The number of unbranched alkanes of at least 4 members (excludes halogenated alkanes) is 14. The minimum absolute atomic E-state index is 0.320. The van der Waals surface area contributed by atoms with Crippen molar-refractivity contribution in [2.45, 2.75) is 129 Å². The predicted molar refractivity (Wildman–Crippen MR) is 177 cm³/mol. The van der Waals surface area contributed by atoms with Crippen LogP contribution in [-0.4, -0.2) is 20.4 Å². The molecule has 2 aromatic heterocycles. The summed E-state index contributed by atoms with van der Waals surface area (Å²) in [5, 5.41) is 22.0. The zero-order valence-electron chi connectivity index (χ0n) is 23.8. The van der Waals surface area contributed by atoms with Gasteiger partial charge in [-0.2, -0.15) is 0 Å². The molecule has 10 heteroatoms. The van der Waals surface area contributed by atoms with Crippen LogP contribution in [0.4, 0.5) is 0 Å². The van der Waals surface area contributed by atoms with Crippen LogP contribution in [0, 0.1) is 0 Å². The molecule has 0 fully saturated rings. The summed E-state index contributed by atoms with van der Waals surface area (Å²) in [5.74, 6) is 0. The van der Waals surface area contributed by atoms with Crippen molar-refractivity contribution in [3.63, 3.8) is 0 Å². The highest BCUT2D eigenvalue weighted by atomic mass is 35.5. The second-order valence-electron chi connectivity index (χ2n) is 10.5. The fourth-order valence-corrected chi connectivity index (χ4v) is 8.05. The van der Waals surface area contributed by atoms with Crippen molar-refractivity contribution in [3.05, 3.63) is 30.1 Å². The second kappa shape index (κ2) is 18.9. The molecule has 2 heterocycles. The number of aromatic nitrogens is 4. The summed E-state index contributed by atoms with van der Waals surface area (Å²) in [7, 11) is 0. The van der Waals surface area contributed by atoms with Crippen molar-refractivity contribution in [2.24, 2.45) is 0 Å². The summed E-state index contributed by atoms with van der Waals surface area (Å²) in [5.41, 5.74) is 1.07. The van der Waals surface area contributed by atoms with E-state index in [2.05, 4.69) is 34.2 Å². The van der Waals surface area contributed by atoms with E-state index >= 15 is 0 Å². The van der Waals surface area contributed by atoms with Crippen molar-refractivity contribution >= 4 is 69.1 Å². The van der Waals surface area contributed by atoms with Gasteiger partial charge in [-0.15, -0.1) is 20.4 Å². The Hall–Kier alpha value is -0.500. The molecule has 0 bridgehead atoms. The van der Waals surface area contributed by atoms with Gasteiger partial charge >= 0.3 is 0 Å². The molecule has 0 aliphatic carbocycles. The molecule has 0 saturated carbocycles. The van der Waals surface area contributed by atoms with Crippen LogP contribution in [0.25, 0.3) is 21.1 Å². The highest BCUT2D eigenvalue weighted by molar-refractivity contribution is 7.15. The van der Waals surface area contributed by atoms with Gasteiger partial charge < -0.3 is 0 Å². The van der Waals surface area contributed by atoms with Crippen LogP contribution in [0.5, 0.6) is 0 Å². The van der Waals surface area contributed by atoms with Crippen molar-refractivity contribution in [3.8, 4) is 21.1 Å². The van der Waals surface area contributed by atoms with Gasteiger partial charge in [-0.05, 0) is 12.8 Å². The number of hydrogen-bond acceptors (Lipinski definition) is 6. The maximum Gasteiger partial charge on any atom is 0.150 e. The lowest BCUT2D eigenvalue weighted by Crippen LogP contribution is -1.90. The van der Waals surface area contributed by atoms with E-state index in [1.807, 2.05) is 0 Å². The first kappa shape index (κ1) is 34.0. The van der Waals surface area contributed by atoms with E-state index in [1.54, 1.807) is 0 Å². The van der Waals surface area contributed by atoms with Crippen molar-refractivity contribution in [2.75, 3.05) is 0 Å². The normalized spacial score (nSPS) is 11.6. The fraction of sp³-hybridized carbons (Fsp3) is 0.667. The van der Waals surface area contributed by atoms with Gasteiger partial charge in [-0.25, -0.2) is 0 Å². The smallest absolute Gasteiger partial charge is 0.143 e. The SMILES string of the molecule is CCCCCCCCCCc1nnc(-c2c(Cl)c(Cl)c(-c3nnc(CCCCCCCCCC)s3)c(Cl)c2Cl)s1. The van der Waals surface area contributed by atoms with Gasteiger partial charge in [-0.3, -0.25) is 0 Å². The van der Waals surface area contributed by atoms with E-state index in [0.717, 1.165) is 35.7 Å². The van der Waals surface area contributed by atoms with E-state index in [9.17, 15) is 0 Å². The van der Waals surface area contributed by atoms with Gasteiger partial charge in [0, 0.05) is 12.8 Å². The van der Waals surface area contributed by atoms with Crippen LogP contribution in [0.15, 0.2) is 0 Å². The average molecular weight is 665 g/mol. The molecule has 0 amide bonds. The lowest BCUT2D eigenvalue weighted by Gasteiger charge is -2.12. The quantitative estimate of drug-likeness (QED) is 0.0891. The van der Waals surface area contributed by atoms with Gasteiger partial charge in [0.2, 0.25) is 0 Å². The molecule has 0 atom stereocenters. The molecular weight excluding hydrogens is 622 g/mol. The topological polar surface area (TPSA) is 51.6 Å².